The van der Waals surface area contributed by atoms with Crippen LogP contribution in [0.25, 0.3) is 0 Å². The molecule has 0 spiro atoms. The molecule has 23 heavy (non-hydrogen) atoms. The average molecular weight is 310 g/mol. The van der Waals surface area contributed by atoms with Crippen molar-refractivity contribution >= 4 is 11.6 Å². The summed E-state index contributed by atoms with van der Waals surface area (Å²) < 4.78 is 0. The zero-order valence-electron chi connectivity index (χ0n) is 14.1. The topological polar surface area (TPSA) is 32.3 Å². The lowest BCUT2D eigenvalue weighted by Crippen LogP contribution is -2.24. The monoisotopic (exact) mass is 310 g/mol. The molecule has 0 heterocycles. The fourth-order valence-electron chi connectivity index (χ4n) is 2.65. The molecule has 0 aromatic heterocycles. The Labute approximate surface area is 139 Å². The summed E-state index contributed by atoms with van der Waals surface area (Å²) in [6.07, 6.45) is 2.34. The van der Waals surface area contributed by atoms with Gasteiger partial charge in [-0.25, -0.2) is 0 Å². The van der Waals surface area contributed by atoms with Gasteiger partial charge in [-0.2, -0.15) is 0 Å². The van der Waals surface area contributed by atoms with Crippen LogP contribution < -0.4 is 5.32 Å². The molecule has 0 aliphatic heterocycles. The first kappa shape index (κ1) is 17.2. The molecule has 2 aromatic carbocycles. The van der Waals surface area contributed by atoms with Gasteiger partial charge in [-0.3, -0.25) is 9.69 Å². The van der Waals surface area contributed by atoms with Gasteiger partial charge in [0, 0.05) is 17.8 Å². The molecule has 0 fully saturated rings. The molecule has 0 atom stereocenters. The van der Waals surface area contributed by atoms with E-state index in [1.807, 2.05) is 42.5 Å². The first-order chi connectivity index (χ1) is 11.2. The van der Waals surface area contributed by atoms with Crippen molar-refractivity contribution in [2.24, 2.45) is 0 Å². The number of carbonyl (C=O) groups excluding carboxylic acids is 1. The lowest BCUT2D eigenvalue weighted by atomic mass is 10.1. The van der Waals surface area contributed by atoms with Crippen molar-refractivity contribution in [3.8, 4) is 0 Å². The van der Waals surface area contributed by atoms with Crippen LogP contribution in [0.5, 0.6) is 0 Å². The first-order valence-corrected chi connectivity index (χ1v) is 8.40. The van der Waals surface area contributed by atoms with Crippen LogP contribution in [0.15, 0.2) is 54.6 Å². The van der Waals surface area contributed by atoms with Gasteiger partial charge in [0.25, 0.3) is 5.91 Å². The van der Waals surface area contributed by atoms with Crippen LogP contribution in [0.2, 0.25) is 0 Å². The van der Waals surface area contributed by atoms with E-state index in [4.69, 9.17) is 0 Å². The quantitative estimate of drug-likeness (QED) is 0.775. The summed E-state index contributed by atoms with van der Waals surface area (Å²) in [6, 6.07) is 17.4. The zero-order chi connectivity index (χ0) is 16.5. The number of anilines is 1. The maximum atomic E-state index is 12.1. The SMILES string of the molecule is CCCN(CCC)Cc1ccc(NC(=O)c2ccccc2)cc1. The average Bonchev–Trinajstić information content (AvgIpc) is 2.58. The van der Waals surface area contributed by atoms with Crippen molar-refractivity contribution < 1.29 is 4.79 Å². The van der Waals surface area contributed by atoms with E-state index in [2.05, 4.69) is 36.2 Å². The highest BCUT2D eigenvalue weighted by molar-refractivity contribution is 6.04. The van der Waals surface area contributed by atoms with Gasteiger partial charge in [-0.05, 0) is 55.8 Å². The highest BCUT2D eigenvalue weighted by atomic mass is 16.1. The summed E-state index contributed by atoms with van der Waals surface area (Å²) in [7, 11) is 0. The molecule has 2 aromatic rings. The van der Waals surface area contributed by atoms with Gasteiger partial charge < -0.3 is 5.32 Å². The Balaban J connectivity index is 1.95. The number of carbonyl (C=O) groups is 1. The molecule has 3 nitrogen and oxygen atoms in total. The van der Waals surface area contributed by atoms with Gasteiger partial charge in [0.2, 0.25) is 0 Å². The van der Waals surface area contributed by atoms with Gasteiger partial charge in [0.15, 0.2) is 0 Å². The molecule has 3 heteroatoms. The third kappa shape index (κ3) is 5.53. The predicted molar refractivity (Wildman–Crippen MR) is 96.7 cm³/mol. The van der Waals surface area contributed by atoms with Crippen LogP contribution in [-0.2, 0) is 6.54 Å². The number of rotatable bonds is 8. The fourth-order valence-corrected chi connectivity index (χ4v) is 2.65. The minimum absolute atomic E-state index is 0.0723. The van der Waals surface area contributed by atoms with Crippen molar-refractivity contribution in [2.75, 3.05) is 18.4 Å². The van der Waals surface area contributed by atoms with Crippen molar-refractivity contribution in [1.29, 1.82) is 0 Å². The van der Waals surface area contributed by atoms with Crippen molar-refractivity contribution in [2.45, 2.75) is 33.2 Å². The van der Waals surface area contributed by atoms with E-state index < -0.39 is 0 Å². The summed E-state index contributed by atoms with van der Waals surface area (Å²) in [5.41, 5.74) is 2.79. The zero-order valence-corrected chi connectivity index (χ0v) is 14.1. The fraction of sp³-hybridized carbons (Fsp3) is 0.350. The highest BCUT2D eigenvalue weighted by Gasteiger charge is 2.06. The summed E-state index contributed by atoms with van der Waals surface area (Å²) in [5.74, 6) is -0.0723. The molecule has 1 N–H and O–H groups in total. The second-order valence-electron chi connectivity index (χ2n) is 5.79. The third-order valence-electron chi connectivity index (χ3n) is 3.73. The van der Waals surface area contributed by atoms with Crippen LogP contribution in [0.4, 0.5) is 5.69 Å². The normalized spacial score (nSPS) is 10.7. The summed E-state index contributed by atoms with van der Waals surface area (Å²) in [4.78, 5) is 14.6. The van der Waals surface area contributed by atoms with E-state index in [-0.39, 0.29) is 5.91 Å². The molecule has 0 aliphatic carbocycles. The third-order valence-corrected chi connectivity index (χ3v) is 3.73. The molecule has 0 unspecified atom stereocenters. The molecule has 0 saturated carbocycles. The maximum absolute atomic E-state index is 12.1. The van der Waals surface area contributed by atoms with E-state index in [9.17, 15) is 4.79 Å². The van der Waals surface area contributed by atoms with Gasteiger partial charge >= 0.3 is 0 Å². The van der Waals surface area contributed by atoms with Crippen LogP contribution >= 0.6 is 0 Å². The Morgan fingerprint density at radius 2 is 1.52 bits per heavy atom. The Kier molecular flexibility index (Phi) is 6.82. The van der Waals surface area contributed by atoms with E-state index in [0.29, 0.717) is 5.56 Å². The van der Waals surface area contributed by atoms with Crippen molar-refractivity contribution in [3.63, 3.8) is 0 Å². The molecule has 0 bridgehead atoms. The number of hydrogen-bond acceptors (Lipinski definition) is 2. The highest BCUT2D eigenvalue weighted by Crippen LogP contribution is 2.13. The van der Waals surface area contributed by atoms with E-state index in [1.165, 1.54) is 18.4 Å². The Morgan fingerprint density at radius 1 is 0.913 bits per heavy atom. The van der Waals surface area contributed by atoms with E-state index >= 15 is 0 Å². The minimum Gasteiger partial charge on any atom is -0.322 e. The molecular weight excluding hydrogens is 284 g/mol. The van der Waals surface area contributed by atoms with Gasteiger partial charge in [-0.1, -0.05) is 44.2 Å². The number of amides is 1. The molecule has 122 valence electrons. The summed E-state index contributed by atoms with van der Waals surface area (Å²) in [6.45, 7) is 7.64. The number of hydrogen-bond donors (Lipinski definition) is 1. The lowest BCUT2D eigenvalue weighted by Gasteiger charge is -2.21. The second-order valence-corrected chi connectivity index (χ2v) is 5.79. The minimum atomic E-state index is -0.0723. The molecule has 1 amide bonds. The Hall–Kier alpha value is -2.13. The Morgan fingerprint density at radius 3 is 2.09 bits per heavy atom. The van der Waals surface area contributed by atoms with Crippen LogP contribution in [-0.4, -0.2) is 23.9 Å². The number of nitrogens with one attached hydrogen (secondary N) is 1. The van der Waals surface area contributed by atoms with E-state index in [0.717, 1.165) is 25.3 Å². The van der Waals surface area contributed by atoms with Crippen LogP contribution in [0, 0.1) is 0 Å². The first-order valence-electron chi connectivity index (χ1n) is 8.40. The largest absolute Gasteiger partial charge is 0.322 e. The van der Waals surface area contributed by atoms with Gasteiger partial charge in [0.05, 0.1) is 0 Å². The molecular formula is C20H26N2O. The molecule has 0 aliphatic rings. The number of nitrogens with zero attached hydrogens (tertiary/aromatic N) is 1. The van der Waals surface area contributed by atoms with Crippen molar-refractivity contribution in [3.05, 3.63) is 65.7 Å². The maximum Gasteiger partial charge on any atom is 0.255 e. The molecule has 0 radical (unpaired) electrons. The number of benzene rings is 2. The van der Waals surface area contributed by atoms with Crippen molar-refractivity contribution in [1.82, 2.24) is 4.90 Å². The lowest BCUT2D eigenvalue weighted by molar-refractivity contribution is 0.102. The molecule has 0 saturated heterocycles. The molecule has 2 rings (SSSR count). The summed E-state index contributed by atoms with van der Waals surface area (Å²) in [5, 5.41) is 2.94. The smallest absolute Gasteiger partial charge is 0.255 e. The van der Waals surface area contributed by atoms with Gasteiger partial charge in [-0.15, -0.1) is 0 Å². The van der Waals surface area contributed by atoms with Crippen LogP contribution in [0.1, 0.15) is 42.6 Å². The Bertz CT molecular complexity index is 587. The standard InChI is InChI=1S/C20H26N2O/c1-3-14-22(15-4-2)16-17-10-12-19(13-11-17)21-20(23)18-8-6-5-7-9-18/h5-13H,3-4,14-16H2,1-2H3,(H,21,23). The predicted octanol–water partition coefficient (Wildman–Crippen LogP) is 4.56. The van der Waals surface area contributed by atoms with E-state index in [1.54, 1.807) is 0 Å². The van der Waals surface area contributed by atoms with Crippen LogP contribution in [0.3, 0.4) is 0 Å². The summed E-state index contributed by atoms with van der Waals surface area (Å²) >= 11 is 0. The van der Waals surface area contributed by atoms with Gasteiger partial charge in [0.1, 0.15) is 0 Å². The second kappa shape index (κ2) is 9.11.